The lowest BCUT2D eigenvalue weighted by Gasteiger charge is -2.04. The van der Waals surface area contributed by atoms with Gasteiger partial charge in [0.2, 0.25) is 0 Å². The van der Waals surface area contributed by atoms with Crippen molar-refractivity contribution in [3.05, 3.63) is 72.8 Å². The smallest absolute Gasteiger partial charge is 0.274 e. The lowest BCUT2D eigenvalue weighted by Crippen LogP contribution is -2.01. The summed E-state index contributed by atoms with van der Waals surface area (Å²) in [6.45, 7) is 0. The molecule has 0 radical (unpaired) electrons. The second-order valence-electron chi connectivity index (χ2n) is 6.71. The van der Waals surface area contributed by atoms with Crippen molar-refractivity contribution in [1.82, 2.24) is 29.8 Å². The van der Waals surface area contributed by atoms with E-state index in [2.05, 4.69) is 30.6 Å². The fourth-order valence-corrected chi connectivity index (χ4v) is 3.11. The van der Waals surface area contributed by atoms with E-state index in [0.29, 0.717) is 17.6 Å². The summed E-state index contributed by atoms with van der Waals surface area (Å²) < 4.78 is 13.6. The molecule has 2 heterocycles. The van der Waals surface area contributed by atoms with Crippen molar-refractivity contribution in [2.75, 3.05) is 14.2 Å². The van der Waals surface area contributed by atoms with Gasteiger partial charge >= 0.3 is 0 Å². The highest BCUT2D eigenvalue weighted by Gasteiger charge is 2.16. The normalized spacial score (nSPS) is 11.3. The topological polar surface area (TPSA) is 105 Å². The SMILES string of the molecule is COc1ccc(N=Nc2nc(-n3nnc4ccccc43)nn2-c2ccc(OC)cc2)cc1. The summed E-state index contributed by atoms with van der Waals surface area (Å²) >= 11 is 0. The molecule has 32 heavy (non-hydrogen) atoms. The summed E-state index contributed by atoms with van der Waals surface area (Å²) in [7, 11) is 3.23. The molecule has 0 amide bonds. The van der Waals surface area contributed by atoms with Gasteiger partial charge in [-0.1, -0.05) is 17.3 Å². The van der Waals surface area contributed by atoms with Gasteiger partial charge in [-0.2, -0.15) is 14.3 Å². The van der Waals surface area contributed by atoms with Crippen LogP contribution in [0.15, 0.2) is 83.0 Å². The lowest BCUT2D eigenvalue weighted by atomic mass is 10.3. The van der Waals surface area contributed by atoms with E-state index in [4.69, 9.17) is 9.47 Å². The average Bonchev–Trinajstić information content (AvgIpc) is 3.47. The van der Waals surface area contributed by atoms with Crippen LogP contribution in [0.25, 0.3) is 22.7 Å². The Labute approximate surface area is 182 Å². The first-order chi connectivity index (χ1) is 15.7. The van der Waals surface area contributed by atoms with Crippen molar-refractivity contribution >= 4 is 22.7 Å². The largest absolute Gasteiger partial charge is 0.497 e. The van der Waals surface area contributed by atoms with Gasteiger partial charge in [0.1, 0.15) is 17.0 Å². The molecule has 0 spiro atoms. The molecule has 0 aliphatic heterocycles. The molecule has 5 rings (SSSR count). The Kier molecular flexibility index (Phi) is 5.00. The molecular formula is C22H18N8O2. The first-order valence-corrected chi connectivity index (χ1v) is 9.73. The number of hydrogen-bond donors (Lipinski definition) is 0. The number of ether oxygens (including phenoxy) is 2. The fourth-order valence-electron chi connectivity index (χ4n) is 3.11. The first kappa shape index (κ1) is 19.4. The molecular weight excluding hydrogens is 408 g/mol. The van der Waals surface area contributed by atoms with Crippen molar-refractivity contribution in [1.29, 1.82) is 0 Å². The summed E-state index contributed by atoms with van der Waals surface area (Å²) in [6, 6.07) is 22.2. The molecule has 5 aromatic rings. The van der Waals surface area contributed by atoms with E-state index in [0.717, 1.165) is 28.2 Å². The van der Waals surface area contributed by atoms with Crippen LogP contribution in [0.2, 0.25) is 0 Å². The molecule has 0 N–H and O–H groups in total. The zero-order valence-corrected chi connectivity index (χ0v) is 17.3. The van der Waals surface area contributed by atoms with E-state index in [9.17, 15) is 0 Å². The number of methoxy groups -OCH3 is 2. The van der Waals surface area contributed by atoms with E-state index < -0.39 is 0 Å². The van der Waals surface area contributed by atoms with Crippen LogP contribution in [0.5, 0.6) is 11.5 Å². The number of hydrogen-bond acceptors (Lipinski definition) is 8. The van der Waals surface area contributed by atoms with E-state index in [1.165, 1.54) is 0 Å². The Morgan fingerprint density at radius 1 is 0.750 bits per heavy atom. The molecule has 0 unspecified atom stereocenters. The first-order valence-electron chi connectivity index (χ1n) is 9.73. The van der Waals surface area contributed by atoms with Crippen LogP contribution in [0.4, 0.5) is 11.6 Å². The maximum Gasteiger partial charge on any atom is 0.274 e. The Bertz CT molecular complexity index is 1390. The number of para-hydroxylation sites is 1. The highest BCUT2D eigenvalue weighted by molar-refractivity contribution is 5.75. The third kappa shape index (κ3) is 3.65. The van der Waals surface area contributed by atoms with Crippen molar-refractivity contribution in [2.45, 2.75) is 0 Å². The predicted octanol–water partition coefficient (Wildman–Crippen LogP) is 4.43. The van der Waals surface area contributed by atoms with Crippen LogP contribution in [-0.4, -0.2) is 44.0 Å². The number of rotatable bonds is 6. The van der Waals surface area contributed by atoms with Gasteiger partial charge < -0.3 is 9.47 Å². The maximum absolute atomic E-state index is 5.25. The van der Waals surface area contributed by atoms with E-state index in [1.807, 2.05) is 72.8 Å². The third-order valence-electron chi connectivity index (χ3n) is 4.76. The van der Waals surface area contributed by atoms with Crippen LogP contribution in [0.3, 0.4) is 0 Å². The summed E-state index contributed by atoms with van der Waals surface area (Å²) in [4.78, 5) is 4.57. The second-order valence-corrected chi connectivity index (χ2v) is 6.71. The minimum Gasteiger partial charge on any atom is -0.497 e. The Balaban J connectivity index is 1.58. The number of azo groups is 1. The molecule has 0 aliphatic rings. The molecule has 3 aromatic carbocycles. The highest BCUT2D eigenvalue weighted by Crippen LogP contribution is 2.25. The average molecular weight is 426 g/mol. The number of fused-ring (bicyclic) bond motifs is 1. The summed E-state index contributed by atoms with van der Waals surface area (Å²) in [6.07, 6.45) is 0. The second kappa shape index (κ2) is 8.26. The van der Waals surface area contributed by atoms with Gasteiger partial charge in [0, 0.05) is 0 Å². The Morgan fingerprint density at radius 2 is 1.44 bits per heavy atom. The van der Waals surface area contributed by atoms with Crippen LogP contribution in [0.1, 0.15) is 0 Å². The molecule has 158 valence electrons. The number of nitrogens with zero attached hydrogens (tertiary/aromatic N) is 8. The van der Waals surface area contributed by atoms with Crippen molar-refractivity contribution < 1.29 is 9.47 Å². The maximum atomic E-state index is 5.25. The van der Waals surface area contributed by atoms with Crippen LogP contribution >= 0.6 is 0 Å². The van der Waals surface area contributed by atoms with Gasteiger partial charge in [0.25, 0.3) is 11.9 Å². The van der Waals surface area contributed by atoms with E-state index >= 15 is 0 Å². The molecule has 0 fully saturated rings. The third-order valence-corrected chi connectivity index (χ3v) is 4.76. The minimum absolute atomic E-state index is 0.292. The van der Waals surface area contributed by atoms with Gasteiger partial charge in [0.15, 0.2) is 0 Å². The van der Waals surface area contributed by atoms with E-state index in [-0.39, 0.29) is 0 Å². The lowest BCUT2D eigenvalue weighted by molar-refractivity contribution is 0.414. The van der Waals surface area contributed by atoms with Gasteiger partial charge in [-0.05, 0) is 60.7 Å². The van der Waals surface area contributed by atoms with Crippen molar-refractivity contribution in [3.8, 4) is 23.1 Å². The van der Waals surface area contributed by atoms with Gasteiger partial charge in [-0.3, -0.25) is 0 Å². The molecule has 0 saturated carbocycles. The quantitative estimate of drug-likeness (QED) is 0.372. The monoisotopic (exact) mass is 426 g/mol. The molecule has 0 aliphatic carbocycles. The van der Waals surface area contributed by atoms with Crippen LogP contribution < -0.4 is 9.47 Å². The van der Waals surface area contributed by atoms with Gasteiger partial charge in [-0.25, -0.2) is 0 Å². The minimum atomic E-state index is 0.292. The molecule has 2 aromatic heterocycles. The fraction of sp³-hybridized carbons (Fsp3) is 0.0909. The molecule has 0 bridgehead atoms. The van der Waals surface area contributed by atoms with Crippen LogP contribution in [-0.2, 0) is 0 Å². The standard InChI is InChI=1S/C22H18N8O2/c1-31-17-11-7-15(8-12-17)24-26-21-23-22(30-20-6-4-3-5-19(20)25-28-30)27-29(21)16-9-13-18(32-2)14-10-16/h3-14H,1-2H3. The molecule has 0 atom stereocenters. The predicted molar refractivity (Wildman–Crippen MR) is 118 cm³/mol. The highest BCUT2D eigenvalue weighted by atomic mass is 16.5. The van der Waals surface area contributed by atoms with Gasteiger partial charge in [-0.15, -0.1) is 20.4 Å². The molecule has 10 heteroatoms. The summed E-state index contributed by atoms with van der Waals surface area (Å²) in [5.41, 5.74) is 2.94. The number of aromatic nitrogens is 6. The summed E-state index contributed by atoms with van der Waals surface area (Å²) in [5, 5.41) is 21.6. The Hall–Kier alpha value is -4.60. The van der Waals surface area contributed by atoms with Crippen LogP contribution in [0, 0.1) is 0 Å². The van der Waals surface area contributed by atoms with E-state index in [1.54, 1.807) is 23.6 Å². The van der Waals surface area contributed by atoms with Crippen molar-refractivity contribution in [3.63, 3.8) is 0 Å². The molecule has 10 nitrogen and oxygen atoms in total. The zero-order chi connectivity index (χ0) is 21.9. The Morgan fingerprint density at radius 3 is 2.16 bits per heavy atom. The summed E-state index contributed by atoms with van der Waals surface area (Å²) in [5.74, 6) is 2.10. The number of benzene rings is 3. The zero-order valence-electron chi connectivity index (χ0n) is 17.3. The molecule has 0 saturated heterocycles. The van der Waals surface area contributed by atoms with Gasteiger partial charge in [0.05, 0.1) is 31.1 Å². The van der Waals surface area contributed by atoms with Crippen molar-refractivity contribution in [2.24, 2.45) is 10.2 Å².